The van der Waals surface area contributed by atoms with Gasteiger partial charge in [0, 0.05) is 11.6 Å². The maximum atomic E-state index is 13.5. The van der Waals surface area contributed by atoms with E-state index in [-0.39, 0.29) is 25.1 Å². The fourth-order valence-electron chi connectivity index (χ4n) is 2.70. The Balaban J connectivity index is 1.72. The molecule has 1 aromatic rings. The number of nitrogens with one attached hydrogen (secondary N) is 1. The van der Waals surface area contributed by atoms with Gasteiger partial charge in [0.25, 0.3) is 0 Å². The molecular formula is C16H23ClFNO2. The molecule has 3 atom stereocenters. The minimum absolute atomic E-state index is 0.236. The molecule has 2 N–H and O–H groups in total. The summed E-state index contributed by atoms with van der Waals surface area (Å²) in [5, 5.41) is 13.2. The highest BCUT2D eigenvalue weighted by atomic mass is 35.5. The third-order valence-corrected chi connectivity index (χ3v) is 4.10. The molecule has 0 aromatic heterocycles. The zero-order valence-corrected chi connectivity index (χ0v) is 13.1. The molecule has 118 valence electrons. The van der Waals surface area contributed by atoms with Gasteiger partial charge in [-0.25, -0.2) is 4.39 Å². The topological polar surface area (TPSA) is 41.5 Å². The van der Waals surface area contributed by atoms with Gasteiger partial charge in [0.2, 0.25) is 0 Å². The van der Waals surface area contributed by atoms with E-state index in [0.29, 0.717) is 16.6 Å². The van der Waals surface area contributed by atoms with Crippen LogP contribution in [0.5, 0.6) is 0 Å². The average Bonchev–Trinajstić information content (AvgIpc) is 2.46. The van der Waals surface area contributed by atoms with E-state index < -0.39 is 6.10 Å². The number of hydrogen-bond acceptors (Lipinski definition) is 3. The highest BCUT2D eigenvalue weighted by Gasteiger charge is 2.20. The van der Waals surface area contributed by atoms with E-state index in [0.717, 1.165) is 12.8 Å². The summed E-state index contributed by atoms with van der Waals surface area (Å²) in [7, 11) is 0. The average molecular weight is 316 g/mol. The summed E-state index contributed by atoms with van der Waals surface area (Å²) in [4.78, 5) is 0. The lowest BCUT2D eigenvalue weighted by atomic mass is 9.89. The molecule has 21 heavy (non-hydrogen) atoms. The van der Waals surface area contributed by atoms with Crippen molar-refractivity contribution in [2.45, 2.75) is 44.8 Å². The number of aliphatic hydroxyl groups is 1. The second-order valence-electron chi connectivity index (χ2n) is 5.89. The number of halogens is 2. The largest absolute Gasteiger partial charge is 0.389 e. The lowest BCUT2D eigenvalue weighted by Crippen LogP contribution is -2.30. The number of ether oxygens (including phenoxy) is 1. The number of rotatable bonds is 6. The van der Waals surface area contributed by atoms with Gasteiger partial charge in [-0.2, -0.15) is 0 Å². The van der Waals surface area contributed by atoms with Crippen molar-refractivity contribution >= 4 is 17.3 Å². The Morgan fingerprint density at radius 2 is 2.29 bits per heavy atom. The molecule has 3 nitrogen and oxygen atoms in total. The van der Waals surface area contributed by atoms with Crippen molar-refractivity contribution in [2.24, 2.45) is 5.92 Å². The van der Waals surface area contributed by atoms with Crippen LogP contribution in [0, 0.1) is 11.7 Å². The first-order valence-electron chi connectivity index (χ1n) is 7.53. The van der Waals surface area contributed by atoms with Crippen molar-refractivity contribution in [1.29, 1.82) is 0 Å². The molecule has 0 aliphatic heterocycles. The summed E-state index contributed by atoms with van der Waals surface area (Å²) in [5.74, 6) is 0.313. The zero-order chi connectivity index (χ0) is 15.2. The third-order valence-electron chi connectivity index (χ3n) is 3.87. The lowest BCUT2D eigenvalue weighted by molar-refractivity contribution is -0.0274. The number of anilines is 1. The van der Waals surface area contributed by atoms with Gasteiger partial charge in [-0.05, 0) is 37.0 Å². The van der Waals surface area contributed by atoms with Gasteiger partial charge in [-0.3, -0.25) is 0 Å². The SMILES string of the molecule is CC1CCCC(OCC(O)CNc2cc(Cl)ccc2F)C1. The molecule has 0 heterocycles. The Labute approximate surface area is 130 Å². The van der Waals surface area contributed by atoms with Crippen molar-refractivity contribution in [3.8, 4) is 0 Å². The van der Waals surface area contributed by atoms with Crippen molar-refractivity contribution < 1.29 is 14.2 Å². The van der Waals surface area contributed by atoms with E-state index in [9.17, 15) is 9.50 Å². The second kappa shape index (κ2) is 7.97. The first-order valence-corrected chi connectivity index (χ1v) is 7.91. The van der Waals surface area contributed by atoms with Crippen LogP contribution in [0.25, 0.3) is 0 Å². The predicted molar refractivity (Wildman–Crippen MR) is 83.3 cm³/mol. The maximum absolute atomic E-state index is 13.5. The molecule has 0 spiro atoms. The zero-order valence-electron chi connectivity index (χ0n) is 12.3. The molecule has 3 unspecified atom stereocenters. The molecule has 1 aliphatic rings. The minimum atomic E-state index is -0.666. The van der Waals surface area contributed by atoms with E-state index in [4.69, 9.17) is 16.3 Å². The minimum Gasteiger partial charge on any atom is -0.389 e. The third kappa shape index (κ3) is 5.46. The Morgan fingerprint density at radius 3 is 3.05 bits per heavy atom. The van der Waals surface area contributed by atoms with E-state index in [2.05, 4.69) is 12.2 Å². The van der Waals surface area contributed by atoms with Gasteiger partial charge >= 0.3 is 0 Å². The molecule has 0 bridgehead atoms. The van der Waals surface area contributed by atoms with Gasteiger partial charge in [0.05, 0.1) is 24.5 Å². The molecule has 0 saturated heterocycles. The van der Waals surface area contributed by atoms with Gasteiger partial charge in [0.15, 0.2) is 0 Å². The normalized spacial score (nSPS) is 23.8. The summed E-state index contributed by atoms with van der Waals surface area (Å²) in [6.45, 7) is 2.74. The van der Waals surface area contributed by atoms with E-state index >= 15 is 0 Å². The Bertz CT molecular complexity index is 458. The Kier molecular flexibility index (Phi) is 6.27. The first kappa shape index (κ1) is 16.5. The van der Waals surface area contributed by atoms with Crippen LogP contribution < -0.4 is 5.32 Å². The Morgan fingerprint density at radius 1 is 1.48 bits per heavy atom. The van der Waals surface area contributed by atoms with Gasteiger partial charge in [-0.15, -0.1) is 0 Å². The van der Waals surface area contributed by atoms with E-state index in [1.807, 2.05) is 0 Å². The van der Waals surface area contributed by atoms with Crippen molar-refractivity contribution in [2.75, 3.05) is 18.5 Å². The summed E-state index contributed by atoms with van der Waals surface area (Å²) in [5.41, 5.74) is 0.299. The highest BCUT2D eigenvalue weighted by Crippen LogP contribution is 2.25. The first-order chi connectivity index (χ1) is 10.0. The van der Waals surface area contributed by atoms with Crippen molar-refractivity contribution in [3.63, 3.8) is 0 Å². The quantitative estimate of drug-likeness (QED) is 0.838. The molecule has 1 aromatic carbocycles. The molecule has 1 aliphatic carbocycles. The van der Waals surface area contributed by atoms with Gasteiger partial charge in [-0.1, -0.05) is 31.4 Å². The maximum Gasteiger partial charge on any atom is 0.146 e. The Hall–Kier alpha value is -0.840. The molecule has 0 radical (unpaired) electrons. The monoisotopic (exact) mass is 315 g/mol. The smallest absolute Gasteiger partial charge is 0.146 e. The van der Waals surface area contributed by atoms with Crippen LogP contribution in [0.2, 0.25) is 5.02 Å². The molecule has 5 heteroatoms. The summed E-state index contributed by atoms with van der Waals surface area (Å²) in [6.07, 6.45) is 4.15. The van der Waals surface area contributed by atoms with Crippen LogP contribution >= 0.6 is 11.6 Å². The van der Waals surface area contributed by atoms with Crippen LogP contribution in [-0.2, 0) is 4.74 Å². The molecule has 1 saturated carbocycles. The van der Waals surface area contributed by atoms with Crippen molar-refractivity contribution in [1.82, 2.24) is 0 Å². The van der Waals surface area contributed by atoms with Gasteiger partial charge < -0.3 is 15.2 Å². The van der Waals surface area contributed by atoms with Crippen LogP contribution in [0.4, 0.5) is 10.1 Å². The molecule has 0 amide bonds. The van der Waals surface area contributed by atoms with Crippen LogP contribution in [0.15, 0.2) is 18.2 Å². The highest BCUT2D eigenvalue weighted by molar-refractivity contribution is 6.30. The summed E-state index contributed by atoms with van der Waals surface area (Å²) in [6, 6.07) is 4.30. The fraction of sp³-hybridized carbons (Fsp3) is 0.625. The van der Waals surface area contributed by atoms with Crippen LogP contribution in [-0.4, -0.2) is 30.5 Å². The predicted octanol–water partition coefficient (Wildman–Crippen LogP) is 3.85. The number of benzene rings is 1. The number of aliphatic hydroxyl groups excluding tert-OH is 1. The van der Waals surface area contributed by atoms with E-state index in [1.165, 1.54) is 31.0 Å². The van der Waals surface area contributed by atoms with Gasteiger partial charge in [0.1, 0.15) is 5.82 Å². The molecule has 1 fully saturated rings. The summed E-state index contributed by atoms with van der Waals surface area (Å²) >= 11 is 5.81. The molecule has 2 rings (SSSR count). The van der Waals surface area contributed by atoms with E-state index in [1.54, 1.807) is 0 Å². The molecular weight excluding hydrogens is 293 g/mol. The fourth-order valence-corrected chi connectivity index (χ4v) is 2.87. The van der Waals surface area contributed by atoms with Crippen LogP contribution in [0.1, 0.15) is 32.6 Å². The number of hydrogen-bond donors (Lipinski definition) is 2. The van der Waals surface area contributed by atoms with Crippen LogP contribution in [0.3, 0.4) is 0 Å². The summed E-state index contributed by atoms with van der Waals surface area (Å²) < 4.78 is 19.3. The van der Waals surface area contributed by atoms with Crippen molar-refractivity contribution in [3.05, 3.63) is 29.0 Å². The second-order valence-corrected chi connectivity index (χ2v) is 6.32. The standard InChI is InChI=1S/C16H23ClFNO2/c1-11-3-2-4-14(7-11)21-10-13(20)9-19-16-8-12(17)5-6-15(16)18/h5-6,8,11,13-14,19-20H,2-4,7,9-10H2,1H3. The lowest BCUT2D eigenvalue weighted by Gasteiger charge is -2.27.